The minimum absolute atomic E-state index is 0.113. The lowest BCUT2D eigenvalue weighted by Gasteiger charge is -2.06. The van der Waals surface area contributed by atoms with Crippen LogP contribution in [0.1, 0.15) is 0 Å². The second-order valence-corrected chi connectivity index (χ2v) is 7.92. The highest BCUT2D eigenvalue weighted by molar-refractivity contribution is 7.93. The molecule has 1 aromatic heterocycles. The molecule has 0 aliphatic carbocycles. The SMILES string of the molecule is N#CCNc1ccc(S(=O)(=O)Nc2nc3ccc(Cl)cc3s2)cc1. The zero-order valence-corrected chi connectivity index (χ0v) is 14.5. The third kappa shape index (κ3) is 3.59. The quantitative estimate of drug-likeness (QED) is 0.660. The van der Waals surface area contributed by atoms with E-state index in [0.717, 1.165) is 4.70 Å². The van der Waals surface area contributed by atoms with Crippen LogP contribution in [0.25, 0.3) is 10.2 Å². The maximum absolute atomic E-state index is 12.4. The van der Waals surface area contributed by atoms with Crippen LogP contribution in [-0.2, 0) is 10.0 Å². The first-order chi connectivity index (χ1) is 11.5. The van der Waals surface area contributed by atoms with Crippen LogP contribution in [0, 0.1) is 11.3 Å². The Labute approximate surface area is 147 Å². The average molecular weight is 379 g/mol. The van der Waals surface area contributed by atoms with E-state index < -0.39 is 10.0 Å². The van der Waals surface area contributed by atoms with Gasteiger partial charge in [0.15, 0.2) is 5.13 Å². The van der Waals surface area contributed by atoms with E-state index in [-0.39, 0.29) is 16.6 Å². The van der Waals surface area contributed by atoms with E-state index in [9.17, 15) is 8.42 Å². The van der Waals surface area contributed by atoms with Gasteiger partial charge in [-0.05, 0) is 42.5 Å². The molecule has 6 nitrogen and oxygen atoms in total. The first-order valence-corrected chi connectivity index (χ1v) is 9.45. The molecule has 0 saturated carbocycles. The summed E-state index contributed by atoms with van der Waals surface area (Å²) in [6.45, 7) is 0.151. The number of benzene rings is 2. The van der Waals surface area contributed by atoms with Crippen molar-refractivity contribution in [2.24, 2.45) is 0 Å². The molecule has 0 unspecified atom stereocenters. The van der Waals surface area contributed by atoms with Gasteiger partial charge in [0, 0.05) is 10.7 Å². The van der Waals surface area contributed by atoms with Crippen molar-refractivity contribution in [2.45, 2.75) is 4.90 Å². The molecule has 2 aromatic carbocycles. The molecule has 9 heteroatoms. The van der Waals surface area contributed by atoms with Gasteiger partial charge in [-0.3, -0.25) is 4.72 Å². The second kappa shape index (κ2) is 6.65. The van der Waals surface area contributed by atoms with Crippen LogP contribution in [0.4, 0.5) is 10.8 Å². The molecular weight excluding hydrogens is 368 g/mol. The smallest absolute Gasteiger partial charge is 0.263 e. The largest absolute Gasteiger partial charge is 0.372 e. The number of nitrogens with zero attached hydrogens (tertiary/aromatic N) is 2. The van der Waals surface area contributed by atoms with Gasteiger partial charge < -0.3 is 5.32 Å². The van der Waals surface area contributed by atoms with E-state index in [4.69, 9.17) is 16.9 Å². The fraction of sp³-hybridized carbons (Fsp3) is 0.0667. The van der Waals surface area contributed by atoms with Crippen LogP contribution in [0.2, 0.25) is 5.02 Å². The summed E-state index contributed by atoms with van der Waals surface area (Å²) in [5.74, 6) is 0. The summed E-state index contributed by atoms with van der Waals surface area (Å²) in [5.41, 5.74) is 1.35. The molecule has 0 bridgehead atoms. The molecule has 0 spiro atoms. The van der Waals surface area contributed by atoms with E-state index in [2.05, 4.69) is 15.0 Å². The zero-order chi connectivity index (χ0) is 17.2. The zero-order valence-electron chi connectivity index (χ0n) is 12.2. The summed E-state index contributed by atoms with van der Waals surface area (Å²) in [7, 11) is -3.74. The van der Waals surface area contributed by atoms with Gasteiger partial charge in [-0.25, -0.2) is 13.4 Å². The standard InChI is InChI=1S/C15H11ClN4O2S2/c16-10-1-6-13-14(9-10)23-15(19-13)20-24(21,22)12-4-2-11(3-5-12)18-8-7-17/h1-6,9,18H,8H2,(H,19,20). The number of sulfonamides is 1. The number of rotatable bonds is 5. The Morgan fingerprint density at radius 3 is 2.67 bits per heavy atom. The number of hydrogen-bond acceptors (Lipinski definition) is 6. The van der Waals surface area contributed by atoms with Gasteiger partial charge in [-0.1, -0.05) is 22.9 Å². The van der Waals surface area contributed by atoms with Gasteiger partial charge in [0.1, 0.15) is 6.54 Å². The van der Waals surface area contributed by atoms with Gasteiger partial charge in [0.2, 0.25) is 0 Å². The highest BCUT2D eigenvalue weighted by Crippen LogP contribution is 2.29. The Hall–Kier alpha value is -2.34. The van der Waals surface area contributed by atoms with Gasteiger partial charge in [0.25, 0.3) is 10.0 Å². The van der Waals surface area contributed by atoms with Crippen molar-refractivity contribution in [1.82, 2.24) is 4.98 Å². The fourth-order valence-corrected chi connectivity index (χ4v) is 4.39. The predicted molar refractivity (Wildman–Crippen MR) is 96.0 cm³/mol. The van der Waals surface area contributed by atoms with Crippen LogP contribution >= 0.6 is 22.9 Å². The topological polar surface area (TPSA) is 94.9 Å². The van der Waals surface area contributed by atoms with Crippen LogP contribution < -0.4 is 10.0 Å². The first kappa shape index (κ1) is 16.5. The first-order valence-electron chi connectivity index (χ1n) is 6.78. The number of anilines is 2. The lowest BCUT2D eigenvalue weighted by Crippen LogP contribution is -2.12. The Morgan fingerprint density at radius 1 is 1.21 bits per heavy atom. The summed E-state index contributed by atoms with van der Waals surface area (Å²) in [6, 6.07) is 13.3. The minimum atomic E-state index is -3.74. The normalized spacial score (nSPS) is 11.2. The van der Waals surface area contributed by atoms with E-state index in [0.29, 0.717) is 16.2 Å². The van der Waals surface area contributed by atoms with Crippen molar-refractivity contribution >= 4 is 54.0 Å². The third-order valence-electron chi connectivity index (χ3n) is 3.11. The molecule has 122 valence electrons. The van der Waals surface area contributed by atoms with Crippen molar-refractivity contribution in [2.75, 3.05) is 16.6 Å². The molecule has 0 saturated heterocycles. The molecule has 0 radical (unpaired) electrons. The number of fused-ring (bicyclic) bond motifs is 1. The van der Waals surface area contributed by atoms with Crippen molar-refractivity contribution in [1.29, 1.82) is 5.26 Å². The molecular formula is C15H11ClN4O2S2. The summed E-state index contributed by atoms with van der Waals surface area (Å²) in [4.78, 5) is 4.36. The number of aromatic nitrogens is 1. The Balaban J connectivity index is 1.83. The number of hydrogen-bond donors (Lipinski definition) is 2. The van der Waals surface area contributed by atoms with Crippen LogP contribution in [0.3, 0.4) is 0 Å². The third-order valence-corrected chi connectivity index (χ3v) is 5.76. The molecule has 3 aromatic rings. The highest BCUT2D eigenvalue weighted by Gasteiger charge is 2.16. The van der Waals surface area contributed by atoms with Gasteiger partial charge in [-0.15, -0.1) is 0 Å². The Bertz CT molecular complexity index is 1020. The Kier molecular flexibility index (Phi) is 4.57. The van der Waals surface area contributed by atoms with Crippen LogP contribution in [-0.4, -0.2) is 19.9 Å². The maximum atomic E-state index is 12.4. The van der Waals surface area contributed by atoms with E-state index in [1.807, 2.05) is 6.07 Å². The summed E-state index contributed by atoms with van der Waals surface area (Å²) < 4.78 is 28.1. The predicted octanol–water partition coefficient (Wildman–Crippen LogP) is 3.69. The Morgan fingerprint density at radius 2 is 1.96 bits per heavy atom. The van der Waals surface area contributed by atoms with E-state index in [1.165, 1.54) is 23.5 Å². The number of nitriles is 1. The molecule has 0 aliphatic rings. The molecule has 1 heterocycles. The molecule has 0 fully saturated rings. The molecule has 24 heavy (non-hydrogen) atoms. The van der Waals surface area contributed by atoms with Gasteiger partial charge in [-0.2, -0.15) is 5.26 Å². The average Bonchev–Trinajstić information content (AvgIpc) is 2.93. The van der Waals surface area contributed by atoms with E-state index in [1.54, 1.807) is 30.3 Å². The summed E-state index contributed by atoms with van der Waals surface area (Å²) in [5, 5.41) is 12.2. The lowest BCUT2D eigenvalue weighted by atomic mass is 10.3. The van der Waals surface area contributed by atoms with Crippen LogP contribution in [0.5, 0.6) is 0 Å². The summed E-state index contributed by atoms with van der Waals surface area (Å²) >= 11 is 7.14. The molecule has 0 atom stereocenters. The van der Waals surface area contributed by atoms with Crippen molar-refractivity contribution in [3.05, 3.63) is 47.5 Å². The van der Waals surface area contributed by atoms with Crippen LogP contribution in [0.15, 0.2) is 47.4 Å². The number of thiazole rings is 1. The molecule has 2 N–H and O–H groups in total. The second-order valence-electron chi connectivity index (χ2n) is 4.77. The molecule has 0 aliphatic heterocycles. The highest BCUT2D eigenvalue weighted by atomic mass is 35.5. The lowest BCUT2D eigenvalue weighted by molar-refractivity contribution is 0.601. The minimum Gasteiger partial charge on any atom is -0.372 e. The van der Waals surface area contributed by atoms with Gasteiger partial charge in [0.05, 0.1) is 21.2 Å². The molecule has 3 rings (SSSR count). The van der Waals surface area contributed by atoms with Gasteiger partial charge >= 0.3 is 0 Å². The summed E-state index contributed by atoms with van der Waals surface area (Å²) in [6.07, 6.45) is 0. The maximum Gasteiger partial charge on any atom is 0.263 e. The number of nitrogens with one attached hydrogen (secondary N) is 2. The van der Waals surface area contributed by atoms with Crippen molar-refractivity contribution < 1.29 is 8.42 Å². The van der Waals surface area contributed by atoms with Crippen molar-refractivity contribution in [3.8, 4) is 6.07 Å². The monoisotopic (exact) mass is 378 g/mol. The molecule has 0 amide bonds. The number of halogens is 1. The van der Waals surface area contributed by atoms with Crippen molar-refractivity contribution in [3.63, 3.8) is 0 Å². The van der Waals surface area contributed by atoms with E-state index >= 15 is 0 Å². The fourth-order valence-electron chi connectivity index (χ4n) is 2.01.